The summed E-state index contributed by atoms with van der Waals surface area (Å²) < 4.78 is 3.88. The van der Waals surface area contributed by atoms with E-state index in [1.54, 1.807) is 6.20 Å². The number of para-hydroxylation sites is 2. The van der Waals surface area contributed by atoms with Gasteiger partial charge in [0.15, 0.2) is 0 Å². The molecule has 1 amide bonds. The second kappa shape index (κ2) is 7.68. The summed E-state index contributed by atoms with van der Waals surface area (Å²) in [4.78, 5) is 17.6. The predicted molar refractivity (Wildman–Crippen MR) is 110 cm³/mol. The van der Waals surface area contributed by atoms with Gasteiger partial charge in [0, 0.05) is 24.5 Å². The fourth-order valence-corrected chi connectivity index (χ4v) is 3.47. The van der Waals surface area contributed by atoms with Gasteiger partial charge in [-0.3, -0.25) is 9.48 Å². The van der Waals surface area contributed by atoms with Crippen LogP contribution in [-0.4, -0.2) is 25.2 Å². The van der Waals surface area contributed by atoms with Crippen LogP contribution in [0.3, 0.4) is 0 Å². The Kier molecular flexibility index (Phi) is 4.93. The number of carbonyl (C=O) groups excluding carboxylic acids is 1. The smallest absolute Gasteiger partial charge is 0.247 e. The van der Waals surface area contributed by atoms with Gasteiger partial charge in [0.25, 0.3) is 0 Å². The average Bonchev–Trinajstić information content (AvgIpc) is 3.34. The molecule has 2 aromatic carbocycles. The van der Waals surface area contributed by atoms with Crippen molar-refractivity contribution in [1.29, 1.82) is 0 Å². The molecule has 1 atom stereocenters. The van der Waals surface area contributed by atoms with E-state index >= 15 is 0 Å². The van der Waals surface area contributed by atoms with Gasteiger partial charge in [-0.15, -0.1) is 0 Å². The standard InChI is InChI=1S/C22H23N5O/c1-3-21-25-19-10-4-5-11-20(19)27(21)16(2)22(28)24-18-9-6-8-17(14-18)15-26-13-7-12-23-26/h4-14,16H,3,15H2,1-2H3,(H,24,28)/t16-/m1/s1. The number of hydrogen-bond donors (Lipinski definition) is 1. The van der Waals surface area contributed by atoms with Crippen LogP contribution in [0.1, 0.15) is 31.3 Å². The third-order valence-corrected chi connectivity index (χ3v) is 4.85. The normalized spacial score (nSPS) is 12.2. The van der Waals surface area contributed by atoms with E-state index in [1.165, 1.54) is 0 Å². The maximum absolute atomic E-state index is 13.0. The lowest BCUT2D eigenvalue weighted by molar-refractivity contribution is -0.118. The van der Waals surface area contributed by atoms with E-state index in [9.17, 15) is 4.79 Å². The highest BCUT2D eigenvalue weighted by Crippen LogP contribution is 2.23. The molecular formula is C22H23N5O. The number of rotatable bonds is 6. The van der Waals surface area contributed by atoms with Gasteiger partial charge in [-0.1, -0.05) is 31.2 Å². The topological polar surface area (TPSA) is 64.7 Å². The van der Waals surface area contributed by atoms with Crippen molar-refractivity contribution in [3.63, 3.8) is 0 Å². The maximum Gasteiger partial charge on any atom is 0.247 e. The van der Waals surface area contributed by atoms with Gasteiger partial charge in [0.2, 0.25) is 5.91 Å². The van der Waals surface area contributed by atoms with E-state index in [-0.39, 0.29) is 11.9 Å². The Hall–Kier alpha value is -3.41. The Bertz CT molecular complexity index is 1100. The Labute approximate surface area is 163 Å². The number of fused-ring (bicyclic) bond motifs is 1. The van der Waals surface area contributed by atoms with Gasteiger partial charge >= 0.3 is 0 Å². The number of anilines is 1. The second-order valence-corrected chi connectivity index (χ2v) is 6.81. The first-order valence-electron chi connectivity index (χ1n) is 9.48. The first kappa shape index (κ1) is 18.0. The molecule has 1 N–H and O–H groups in total. The quantitative estimate of drug-likeness (QED) is 0.555. The van der Waals surface area contributed by atoms with E-state index in [2.05, 4.69) is 22.3 Å². The molecule has 28 heavy (non-hydrogen) atoms. The Morgan fingerprint density at radius 1 is 1.14 bits per heavy atom. The summed E-state index contributed by atoms with van der Waals surface area (Å²) in [6.45, 7) is 4.63. The van der Waals surface area contributed by atoms with Gasteiger partial charge in [-0.25, -0.2) is 4.98 Å². The number of benzene rings is 2. The molecule has 0 spiro atoms. The minimum Gasteiger partial charge on any atom is -0.324 e. The van der Waals surface area contributed by atoms with Crippen LogP contribution in [0.25, 0.3) is 11.0 Å². The zero-order valence-electron chi connectivity index (χ0n) is 16.0. The van der Waals surface area contributed by atoms with Crippen LogP contribution in [0.2, 0.25) is 0 Å². The fraction of sp³-hybridized carbons (Fsp3) is 0.227. The number of carbonyl (C=O) groups is 1. The van der Waals surface area contributed by atoms with Crippen molar-refractivity contribution in [2.75, 3.05) is 5.32 Å². The van der Waals surface area contributed by atoms with Crippen molar-refractivity contribution in [2.45, 2.75) is 32.9 Å². The number of hydrogen-bond acceptors (Lipinski definition) is 3. The van der Waals surface area contributed by atoms with Gasteiger partial charge in [0.05, 0.1) is 17.6 Å². The molecule has 0 aliphatic carbocycles. The maximum atomic E-state index is 13.0. The molecule has 0 saturated carbocycles. The summed E-state index contributed by atoms with van der Waals surface area (Å²) in [7, 11) is 0. The fourth-order valence-electron chi connectivity index (χ4n) is 3.47. The van der Waals surface area contributed by atoms with E-state index in [1.807, 2.05) is 77.0 Å². The lowest BCUT2D eigenvalue weighted by Crippen LogP contribution is -2.25. The molecule has 4 aromatic rings. The zero-order chi connectivity index (χ0) is 19.5. The van der Waals surface area contributed by atoms with E-state index in [0.29, 0.717) is 6.54 Å². The zero-order valence-corrected chi connectivity index (χ0v) is 16.0. The van der Waals surface area contributed by atoms with E-state index in [0.717, 1.165) is 34.5 Å². The number of amides is 1. The molecule has 0 bridgehead atoms. The third kappa shape index (κ3) is 3.53. The molecule has 0 fully saturated rings. The first-order chi connectivity index (χ1) is 13.7. The Balaban J connectivity index is 1.56. The SMILES string of the molecule is CCc1nc2ccccc2n1[C@H](C)C(=O)Nc1cccc(Cn2cccn2)c1. The van der Waals surface area contributed by atoms with Crippen molar-refractivity contribution in [2.24, 2.45) is 0 Å². The van der Waals surface area contributed by atoms with Crippen molar-refractivity contribution < 1.29 is 4.79 Å². The molecule has 0 radical (unpaired) electrons. The highest BCUT2D eigenvalue weighted by atomic mass is 16.2. The lowest BCUT2D eigenvalue weighted by atomic mass is 10.2. The summed E-state index contributed by atoms with van der Waals surface area (Å²) >= 11 is 0. The number of nitrogens with one attached hydrogen (secondary N) is 1. The molecule has 2 heterocycles. The number of imidazole rings is 1. The van der Waals surface area contributed by atoms with Gasteiger partial charge in [-0.2, -0.15) is 5.10 Å². The van der Waals surface area contributed by atoms with Gasteiger partial charge < -0.3 is 9.88 Å². The molecular weight excluding hydrogens is 350 g/mol. The molecule has 0 unspecified atom stereocenters. The molecule has 2 aromatic heterocycles. The van der Waals surface area contributed by atoms with Gasteiger partial charge in [0.1, 0.15) is 11.9 Å². The minimum atomic E-state index is -0.364. The predicted octanol–water partition coefficient (Wildman–Crippen LogP) is 4.04. The summed E-state index contributed by atoms with van der Waals surface area (Å²) in [5.41, 5.74) is 3.76. The second-order valence-electron chi connectivity index (χ2n) is 6.81. The molecule has 6 heteroatoms. The number of aromatic nitrogens is 4. The van der Waals surface area contributed by atoms with Crippen LogP contribution in [0.4, 0.5) is 5.69 Å². The van der Waals surface area contributed by atoms with Gasteiger partial charge in [-0.05, 0) is 42.8 Å². The monoisotopic (exact) mass is 373 g/mol. The summed E-state index contributed by atoms with van der Waals surface area (Å²) in [5.74, 6) is 0.852. The van der Waals surface area contributed by atoms with Crippen LogP contribution in [-0.2, 0) is 17.8 Å². The number of nitrogens with zero attached hydrogens (tertiary/aromatic N) is 4. The largest absolute Gasteiger partial charge is 0.324 e. The summed E-state index contributed by atoms with van der Waals surface area (Å²) in [5, 5.41) is 7.28. The molecule has 0 aliphatic rings. The van der Waals surface area contributed by atoms with Crippen molar-refractivity contribution in [1.82, 2.24) is 19.3 Å². The van der Waals surface area contributed by atoms with Crippen LogP contribution in [0.5, 0.6) is 0 Å². The molecule has 142 valence electrons. The highest BCUT2D eigenvalue weighted by Gasteiger charge is 2.21. The van der Waals surface area contributed by atoms with Crippen LogP contribution in [0.15, 0.2) is 67.0 Å². The average molecular weight is 373 g/mol. The summed E-state index contributed by atoms with van der Waals surface area (Å²) in [6, 6.07) is 17.3. The van der Waals surface area contributed by atoms with E-state index < -0.39 is 0 Å². The summed E-state index contributed by atoms with van der Waals surface area (Å²) in [6.07, 6.45) is 4.45. The molecule has 0 saturated heterocycles. The highest BCUT2D eigenvalue weighted by molar-refractivity contribution is 5.94. The van der Waals surface area contributed by atoms with Crippen molar-refractivity contribution >= 4 is 22.6 Å². The number of aryl methyl sites for hydroxylation is 1. The van der Waals surface area contributed by atoms with Crippen LogP contribution in [0, 0.1) is 0 Å². The Morgan fingerprint density at radius 2 is 2.00 bits per heavy atom. The van der Waals surface area contributed by atoms with Crippen molar-refractivity contribution in [3.8, 4) is 0 Å². The van der Waals surface area contributed by atoms with Crippen LogP contribution < -0.4 is 5.32 Å². The van der Waals surface area contributed by atoms with Crippen LogP contribution >= 0.6 is 0 Å². The van der Waals surface area contributed by atoms with Crippen molar-refractivity contribution in [3.05, 3.63) is 78.4 Å². The third-order valence-electron chi connectivity index (χ3n) is 4.85. The van der Waals surface area contributed by atoms with E-state index in [4.69, 9.17) is 0 Å². The minimum absolute atomic E-state index is 0.0610. The first-order valence-corrected chi connectivity index (χ1v) is 9.48. The Morgan fingerprint density at radius 3 is 2.79 bits per heavy atom. The molecule has 4 rings (SSSR count). The molecule has 0 aliphatic heterocycles. The molecule has 6 nitrogen and oxygen atoms in total. The lowest BCUT2D eigenvalue weighted by Gasteiger charge is -2.17.